The number of carboxylic acid groups (broad SMARTS) is 1. The number of rotatable bonds is 4. The number of anilines is 1. The quantitative estimate of drug-likeness (QED) is 0.866. The van der Waals surface area contributed by atoms with E-state index < -0.39 is 34.6 Å². The normalized spacial score (nSPS) is 17.4. The Hall–Kier alpha value is -2.24. The molecule has 0 aromatic heterocycles. The van der Waals surface area contributed by atoms with Crippen molar-refractivity contribution < 1.29 is 23.9 Å². The van der Waals surface area contributed by atoms with Gasteiger partial charge < -0.3 is 5.11 Å². The Labute approximate surface area is 121 Å². The first-order valence-corrected chi connectivity index (χ1v) is 6.77. The molecule has 1 aliphatic rings. The molecule has 1 aliphatic heterocycles. The van der Waals surface area contributed by atoms with Gasteiger partial charge in [0, 0.05) is 6.42 Å². The Bertz CT molecular complexity index is 622. The molecule has 2 amide bonds. The number of carbonyl (C=O) groups is 3. The molecule has 1 aromatic carbocycles. The summed E-state index contributed by atoms with van der Waals surface area (Å²) in [6.07, 6.45) is 0.971. The van der Waals surface area contributed by atoms with Crippen LogP contribution in [-0.4, -0.2) is 22.9 Å². The van der Waals surface area contributed by atoms with Gasteiger partial charge in [-0.05, 0) is 25.0 Å². The molecule has 0 spiro atoms. The molecule has 0 bridgehead atoms. The predicted octanol–water partition coefficient (Wildman–Crippen LogP) is 2.59. The Morgan fingerprint density at radius 3 is 2.43 bits per heavy atom. The Morgan fingerprint density at radius 2 is 1.95 bits per heavy atom. The standard InChI is InChI=1S/C15H16FNO4/c1-3-15(4-2)8-11(18)17(14(15)21)10-7-5-6-9(16)12(10)13(19)20/h5-7H,3-4,8H2,1-2H3,(H,19,20). The lowest BCUT2D eigenvalue weighted by atomic mass is 9.81. The van der Waals surface area contributed by atoms with E-state index in [1.54, 1.807) is 0 Å². The molecule has 6 heteroatoms. The van der Waals surface area contributed by atoms with Gasteiger partial charge in [-0.2, -0.15) is 0 Å². The zero-order valence-electron chi connectivity index (χ0n) is 11.9. The highest BCUT2D eigenvalue weighted by molar-refractivity contribution is 6.24. The van der Waals surface area contributed by atoms with Gasteiger partial charge in [-0.3, -0.25) is 9.59 Å². The number of halogens is 1. The lowest BCUT2D eigenvalue weighted by molar-refractivity contribution is -0.126. The van der Waals surface area contributed by atoms with Crippen LogP contribution < -0.4 is 4.90 Å². The van der Waals surface area contributed by atoms with Crippen molar-refractivity contribution in [3.63, 3.8) is 0 Å². The fraction of sp³-hybridized carbons (Fsp3) is 0.400. The number of imide groups is 1. The summed E-state index contributed by atoms with van der Waals surface area (Å²) in [6, 6.07) is 3.56. The van der Waals surface area contributed by atoms with Crippen LogP contribution in [0.4, 0.5) is 10.1 Å². The lowest BCUT2D eigenvalue weighted by Gasteiger charge is -2.24. The molecule has 2 rings (SSSR count). The van der Waals surface area contributed by atoms with E-state index in [1.807, 2.05) is 13.8 Å². The number of hydrogen-bond acceptors (Lipinski definition) is 3. The summed E-state index contributed by atoms with van der Waals surface area (Å²) >= 11 is 0. The minimum atomic E-state index is -1.51. The molecular weight excluding hydrogens is 277 g/mol. The highest BCUT2D eigenvalue weighted by atomic mass is 19.1. The number of carbonyl (C=O) groups excluding carboxylic acids is 2. The molecule has 0 unspecified atom stereocenters. The number of carboxylic acids is 1. The minimum Gasteiger partial charge on any atom is -0.478 e. The van der Waals surface area contributed by atoms with E-state index >= 15 is 0 Å². The van der Waals surface area contributed by atoms with Crippen molar-refractivity contribution in [2.75, 3.05) is 4.90 Å². The molecule has 1 heterocycles. The highest BCUT2D eigenvalue weighted by Gasteiger charge is 2.50. The third kappa shape index (κ3) is 2.20. The fourth-order valence-electron chi connectivity index (χ4n) is 2.75. The molecule has 21 heavy (non-hydrogen) atoms. The van der Waals surface area contributed by atoms with E-state index in [9.17, 15) is 18.8 Å². The molecule has 0 atom stereocenters. The maximum Gasteiger partial charge on any atom is 0.340 e. The summed E-state index contributed by atoms with van der Waals surface area (Å²) < 4.78 is 13.7. The minimum absolute atomic E-state index is 0.0222. The first-order chi connectivity index (χ1) is 9.88. The Morgan fingerprint density at radius 1 is 1.33 bits per heavy atom. The number of aromatic carboxylic acids is 1. The summed E-state index contributed by atoms with van der Waals surface area (Å²) in [6.45, 7) is 3.61. The van der Waals surface area contributed by atoms with Crippen LogP contribution in [-0.2, 0) is 9.59 Å². The Kier molecular flexibility index (Phi) is 3.80. The van der Waals surface area contributed by atoms with E-state index in [-0.39, 0.29) is 12.1 Å². The van der Waals surface area contributed by atoms with E-state index in [0.717, 1.165) is 11.0 Å². The molecule has 0 radical (unpaired) electrons. The second-order valence-corrected chi connectivity index (χ2v) is 5.14. The lowest BCUT2D eigenvalue weighted by Crippen LogP contribution is -2.36. The van der Waals surface area contributed by atoms with Crippen molar-refractivity contribution >= 4 is 23.5 Å². The zero-order valence-corrected chi connectivity index (χ0v) is 11.9. The van der Waals surface area contributed by atoms with Crippen LogP contribution in [0.5, 0.6) is 0 Å². The van der Waals surface area contributed by atoms with Gasteiger partial charge in [0.05, 0.1) is 11.1 Å². The van der Waals surface area contributed by atoms with Gasteiger partial charge in [-0.25, -0.2) is 14.1 Å². The number of benzene rings is 1. The van der Waals surface area contributed by atoms with E-state index in [4.69, 9.17) is 5.11 Å². The van der Waals surface area contributed by atoms with Gasteiger partial charge in [-0.1, -0.05) is 19.9 Å². The van der Waals surface area contributed by atoms with Crippen LogP contribution in [0.3, 0.4) is 0 Å². The molecule has 1 N–H and O–H groups in total. The summed E-state index contributed by atoms with van der Waals surface area (Å²) in [5.41, 5.74) is -1.66. The van der Waals surface area contributed by atoms with Crippen LogP contribution in [0.1, 0.15) is 43.5 Å². The molecule has 5 nitrogen and oxygen atoms in total. The summed E-state index contributed by atoms with van der Waals surface area (Å²) in [5, 5.41) is 9.13. The number of nitrogens with zero attached hydrogens (tertiary/aromatic N) is 1. The molecule has 0 saturated carbocycles. The van der Waals surface area contributed by atoms with Gasteiger partial charge in [0.25, 0.3) is 0 Å². The molecule has 1 fully saturated rings. The zero-order chi connectivity index (χ0) is 15.8. The van der Waals surface area contributed by atoms with Crippen molar-refractivity contribution in [2.45, 2.75) is 33.1 Å². The summed E-state index contributed by atoms with van der Waals surface area (Å²) in [7, 11) is 0. The maximum absolute atomic E-state index is 13.7. The van der Waals surface area contributed by atoms with Crippen LogP contribution in [0.15, 0.2) is 18.2 Å². The predicted molar refractivity (Wildman–Crippen MR) is 73.5 cm³/mol. The van der Waals surface area contributed by atoms with E-state index in [2.05, 4.69) is 0 Å². The molecule has 0 aliphatic carbocycles. The van der Waals surface area contributed by atoms with E-state index in [0.29, 0.717) is 12.8 Å². The molecule has 1 aromatic rings. The molecular formula is C15H16FNO4. The third-order valence-electron chi connectivity index (χ3n) is 4.20. The van der Waals surface area contributed by atoms with Gasteiger partial charge in [0.1, 0.15) is 11.4 Å². The van der Waals surface area contributed by atoms with Crippen LogP contribution in [0.25, 0.3) is 0 Å². The topological polar surface area (TPSA) is 74.7 Å². The third-order valence-corrected chi connectivity index (χ3v) is 4.20. The number of hydrogen-bond donors (Lipinski definition) is 1. The highest BCUT2D eigenvalue weighted by Crippen LogP contribution is 2.42. The molecule has 1 saturated heterocycles. The number of amides is 2. The largest absolute Gasteiger partial charge is 0.478 e. The van der Waals surface area contributed by atoms with Crippen molar-refractivity contribution in [3.05, 3.63) is 29.6 Å². The van der Waals surface area contributed by atoms with Crippen molar-refractivity contribution in [1.82, 2.24) is 0 Å². The smallest absolute Gasteiger partial charge is 0.340 e. The average molecular weight is 293 g/mol. The Balaban J connectivity index is 2.58. The van der Waals surface area contributed by atoms with Gasteiger partial charge >= 0.3 is 5.97 Å². The first-order valence-electron chi connectivity index (χ1n) is 6.77. The van der Waals surface area contributed by atoms with Crippen molar-refractivity contribution in [3.8, 4) is 0 Å². The van der Waals surface area contributed by atoms with Gasteiger partial charge in [-0.15, -0.1) is 0 Å². The van der Waals surface area contributed by atoms with Crippen LogP contribution in [0.2, 0.25) is 0 Å². The maximum atomic E-state index is 13.7. The second-order valence-electron chi connectivity index (χ2n) is 5.14. The van der Waals surface area contributed by atoms with Crippen LogP contribution in [0, 0.1) is 11.2 Å². The second kappa shape index (κ2) is 5.27. The van der Waals surface area contributed by atoms with Gasteiger partial charge in [0.2, 0.25) is 11.8 Å². The van der Waals surface area contributed by atoms with Crippen LogP contribution >= 0.6 is 0 Å². The monoisotopic (exact) mass is 293 g/mol. The fourth-order valence-corrected chi connectivity index (χ4v) is 2.75. The van der Waals surface area contributed by atoms with Crippen molar-refractivity contribution in [2.24, 2.45) is 5.41 Å². The van der Waals surface area contributed by atoms with E-state index in [1.165, 1.54) is 12.1 Å². The first kappa shape index (κ1) is 15.2. The summed E-state index contributed by atoms with van der Waals surface area (Å²) in [4.78, 5) is 36.8. The summed E-state index contributed by atoms with van der Waals surface area (Å²) in [5.74, 6) is -3.41. The van der Waals surface area contributed by atoms with Gasteiger partial charge in [0.15, 0.2) is 0 Å². The average Bonchev–Trinajstić information content (AvgIpc) is 2.69. The SMILES string of the molecule is CCC1(CC)CC(=O)N(c2cccc(F)c2C(=O)O)C1=O. The molecule has 112 valence electrons. The van der Waals surface area contributed by atoms with Crippen molar-refractivity contribution in [1.29, 1.82) is 0 Å².